The van der Waals surface area contributed by atoms with Gasteiger partial charge in [-0.3, -0.25) is 4.79 Å². The molecule has 4 atom stereocenters. The van der Waals surface area contributed by atoms with E-state index in [1.165, 1.54) is 11.1 Å². The van der Waals surface area contributed by atoms with E-state index < -0.39 is 16.5 Å². The smallest absolute Gasteiger partial charge is 0.254 e. The molecule has 2 aromatic carbocycles. The zero-order chi connectivity index (χ0) is 27.9. The number of allylic oxidation sites excluding steroid dienone is 1. The van der Waals surface area contributed by atoms with E-state index in [4.69, 9.17) is 21.1 Å². The third-order valence-corrected chi connectivity index (χ3v) is 9.31. The van der Waals surface area contributed by atoms with Crippen molar-refractivity contribution in [2.24, 2.45) is 22.1 Å². The van der Waals surface area contributed by atoms with Crippen molar-refractivity contribution >= 4 is 33.8 Å². The first-order valence-electron chi connectivity index (χ1n) is 13.9. The van der Waals surface area contributed by atoms with Crippen LogP contribution in [-0.4, -0.2) is 38.0 Å². The highest BCUT2D eigenvalue weighted by molar-refractivity contribution is 7.75. The third kappa shape index (κ3) is 7.86. The fraction of sp³-hybridized carbons (Fsp3) is 0.516. The van der Waals surface area contributed by atoms with Crippen LogP contribution in [0.1, 0.15) is 61.5 Å². The second kappa shape index (κ2) is 13.8. The number of amides is 1. The molecule has 2 aliphatic heterocycles. The molecule has 0 fully saturated rings. The van der Waals surface area contributed by atoms with Gasteiger partial charge in [0.1, 0.15) is 5.75 Å². The lowest BCUT2D eigenvalue weighted by Crippen LogP contribution is -2.35. The van der Waals surface area contributed by atoms with Crippen molar-refractivity contribution in [3.63, 3.8) is 0 Å². The Bertz CT molecular complexity index is 1270. The summed E-state index contributed by atoms with van der Waals surface area (Å²) in [5.74, 6) is 1.22. The van der Waals surface area contributed by atoms with Crippen LogP contribution < -0.4 is 9.64 Å². The van der Waals surface area contributed by atoms with E-state index in [9.17, 15) is 9.00 Å². The van der Waals surface area contributed by atoms with Gasteiger partial charge in [0.15, 0.2) is 0 Å². The number of fused-ring (bicyclic) bond motifs is 2. The summed E-state index contributed by atoms with van der Waals surface area (Å²) in [5, 5.41) is 0.738. The topological polar surface area (TPSA) is 68.2 Å². The molecule has 0 aromatic heterocycles. The highest BCUT2D eigenvalue weighted by Crippen LogP contribution is 2.35. The molecule has 0 radical (unpaired) electrons. The van der Waals surface area contributed by atoms with Crippen LogP contribution in [0.2, 0.25) is 5.02 Å². The van der Waals surface area contributed by atoms with Gasteiger partial charge in [-0.15, -0.1) is 0 Å². The molecule has 39 heavy (non-hydrogen) atoms. The molecule has 2 bridgehead atoms. The van der Waals surface area contributed by atoms with E-state index in [1.807, 2.05) is 25.1 Å². The minimum atomic E-state index is -1.60. The number of carbonyl (C=O) groups excluding carboxylic acids is 1. The van der Waals surface area contributed by atoms with Crippen molar-refractivity contribution in [3.8, 4) is 5.75 Å². The average Bonchev–Trinajstić information content (AvgIpc) is 2.93. The van der Waals surface area contributed by atoms with Gasteiger partial charge < -0.3 is 22.9 Å². The highest BCUT2D eigenvalue weighted by Gasteiger charge is 2.26. The second-order valence-corrected chi connectivity index (χ2v) is 12.6. The number of hydrogen-bond acceptors (Lipinski definition) is 6. The molecule has 0 spiro atoms. The van der Waals surface area contributed by atoms with Crippen LogP contribution in [0, 0.1) is 17.8 Å². The molecular formula is C31H40ClN2O4S-. The Balaban J connectivity index is 1.84. The van der Waals surface area contributed by atoms with E-state index in [2.05, 4.69) is 47.4 Å². The lowest BCUT2D eigenvalue weighted by Gasteiger charge is -2.34. The van der Waals surface area contributed by atoms with Gasteiger partial charge in [-0.1, -0.05) is 62.3 Å². The average molecular weight is 572 g/mol. The Kier molecular flexibility index (Phi) is 10.5. The maximum Gasteiger partial charge on any atom is 0.254 e. The zero-order valence-corrected chi connectivity index (χ0v) is 25.0. The van der Waals surface area contributed by atoms with E-state index in [0.717, 1.165) is 48.7 Å². The van der Waals surface area contributed by atoms with Crippen LogP contribution in [0.15, 0.2) is 52.9 Å². The Labute approximate surface area is 239 Å². The summed E-state index contributed by atoms with van der Waals surface area (Å²) in [7, 11) is 0.152. The molecule has 2 aromatic rings. The van der Waals surface area contributed by atoms with Gasteiger partial charge in [-0.25, -0.2) is 0 Å². The molecule has 2 aliphatic rings. The third-order valence-electron chi connectivity index (χ3n) is 7.85. The number of ether oxygens (including phenoxy) is 2. The van der Waals surface area contributed by atoms with Crippen LogP contribution in [0.4, 0.5) is 5.69 Å². The quantitative estimate of drug-likeness (QED) is 0.267. The largest absolute Gasteiger partial charge is 0.491 e. The maximum atomic E-state index is 13.1. The minimum Gasteiger partial charge on any atom is -0.491 e. The van der Waals surface area contributed by atoms with E-state index in [-0.39, 0.29) is 23.9 Å². The van der Waals surface area contributed by atoms with E-state index >= 15 is 0 Å². The SMILES string of the molecule is CO[C@H]1/C=C/C[C@H](C)C[S-](=O)=NC(=O)c2ccc3c(c2)N(Cc2ccc(Cl)cc2CCCCO3)C[C@H](C)[C@H]1C. The van der Waals surface area contributed by atoms with Crippen LogP contribution in [0.5, 0.6) is 5.75 Å². The molecule has 0 saturated heterocycles. The molecule has 0 saturated carbocycles. The van der Waals surface area contributed by atoms with Gasteiger partial charge in [-0.2, -0.15) is 10.6 Å². The molecular weight excluding hydrogens is 532 g/mol. The summed E-state index contributed by atoms with van der Waals surface area (Å²) >= 11 is 6.39. The predicted octanol–water partition coefficient (Wildman–Crippen LogP) is 7.23. The molecule has 6 nitrogen and oxygen atoms in total. The second-order valence-electron chi connectivity index (χ2n) is 11.0. The molecule has 0 unspecified atom stereocenters. The fourth-order valence-electron chi connectivity index (χ4n) is 5.30. The van der Waals surface area contributed by atoms with E-state index in [1.54, 1.807) is 13.2 Å². The Morgan fingerprint density at radius 3 is 2.72 bits per heavy atom. The molecule has 4 rings (SSSR count). The van der Waals surface area contributed by atoms with Gasteiger partial charge >= 0.3 is 0 Å². The number of aryl methyl sites for hydroxylation is 1. The first-order chi connectivity index (χ1) is 18.7. The minimum absolute atomic E-state index is 0.0473. The van der Waals surface area contributed by atoms with Gasteiger partial charge in [0.25, 0.3) is 5.91 Å². The van der Waals surface area contributed by atoms with Crippen molar-refractivity contribution in [1.29, 1.82) is 0 Å². The van der Waals surface area contributed by atoms with Crippen LogP contribution in [-0.2, 0) is 32.5 Å². The van der Waals surface area contributed by atoms with Crippen molar-refractivity contribution in [1.82, 2.24) is 0 Å². The molecule has 1 amide bonds. The standard InChI is InChI=1S/C31H40ClN2O4S/c1-21-8-7-10-29(37-4)23(3)22(2)18-34-19-26-11-13-27(32)16-24(26)9-5-6-15-38-30-14-12-25(17-28(30)34)31(35)33-39(36)20-21/h7,10-14,16-17,21-23,29H,5-6,8-9,15,18-20H2,1-4H3/q-1/b10-7+/t21-,22-,23+,29-/m0/s1. The maximum absolute atomic E-state index is 13.1. The van der Waals surface area contributed by atoms with Gasteiger partial charge in [0.05, 0.1) is 18.4 Å². The summed E-state index contributed by atoms with van der Waals surface area (Å²) in [6.45, 7) is 8.45. The van der Waals surface area contributed by atoms with Crippen LogP contribution in [0.25, 0.3) is 0 Å². The molecule has 0 aliphatic carbocycles. The monoisotopic (exact) mass is 571 g/mol. The van der Waals surface area contributed by atoms with Gasteiger partial charge in [0, 0.05) is 30.8 Å². The van der Waals surface area contributed by atoms with Gasteiger partial charge in [0.2, 0.25) is 0 Å². The number of hydrogen-bond donors (Lipinski definition) is 0. The summed E-state index contributed by atoms with van der Waals surface area (Å²) in [5.41, 5.74) is 3.70. The van der Waals surface area contributed by atoms with Crippen molar-refractivity contribution in [3.05, 3.63) is 70.3 Å². The normalized spacial score (nSPS) is 26.5. The summed E-state index contributed by atoms with van der Waals surface area (Å²) in [6.07, 6.45) is 7.76. The van der Waals surface area contributed by atoms with Crippen molar-refractivity contribution in [2.45, 2.75) is 59.1 Å². The number of nitrogens with zero attached hydrogens (tertiary/aromatic N) is 2. The summed E-state index contributed by atoms with van der Waals surface area (Å²) < 4.78 is 28.9. The van der Waals surface area contributed by atoms with Crippen molar-refractivity contribution in [2.75, 3.05) is 30.9 Å². The Hall–Kier alpha value is -2.35. The Morgan fingerprint density at radius 1 is 1.10 bits per heavy atom. The number of benzene rings is 2. The highest BCUT2D eigenvalue weighted by atomic mass is 35.5. The number of halogens is 1. The molecule has 8 heteroatoms. The molecule has 212 valence electrons. The zero-order valence-electron chi connectivity index (χ0n) is 23.4. The summed E-state index contributed by atoms with van der Waals surface area (Å²) in [6, 6.07) is 11.6. The summed E-state index contributed by atoms with van der Waals surface area (Å²) in [4.78, 5) is 15.4. The number of anilines is 1. The van der Waals surface area contributed by atoms with Crippen molar-refractivity contribution < 1.29 is 18.5 Å². The fourth-order valence-corrected chi connectivity index (χ4v) is 6.48. The first-order valence-corrected chi connectivity index (χ1v) is 15.5. The lowest BCUT2D eigenvalue weighted by atomic mass is 9.89. The molecule has 0 N–H and O–H groups in total. The van der Waals surface area contributed by atoms with Crippen LogP contribution in [0.3, 0.4) is 0 Å². The number of rotatable bonds is 1. The first kappa shape index (κ1) is 29.6. The number of carbonyl (C=O) groups is 1. The van der Waals surface area contributed by atoms with E-state index in [0.29, 0.717) is 24.5 Å². The van der Waals surface area contributed by atoms with Crippen LogP contribution >= 0.6 is 11.6 Å². The number of methoxy groups -OCH3 is 1. The Morgan fingerprint density at radius 2 is 1.92 bits per heavy atom. The molecule has 2 heterocycles. The lowest BCUT2D eigenvalue weighted by molar-refractivity contribution is 0.0745. The van der Waals surface area contributed by atoms with Gasteiger partial charge in [-0.05, 0) is 79.0 Å². The predicted molar refractivity (Wildman–Crippen MR) is 159 cm³/mol.